The topological polar surface area (TPSA) is 194 Å². The minimum atomic E-state index is -4.38. The third-order valence-corrected chi connectivity index (χ3v) is 6.23. The summed E-state index contributed by atoms with van der Waals surface area (Å²) >= 11 is 0. The number of hydrogen-bond donors (Lipinski definition) is 4. The molecule has 0 amide bonds. The fourth-order valence-corrected chi connectivity index (χ4v) is 4.43. The Hall–Kier alpha value is -2.16. The van der Waals surface area contributed by atoms with Gasteiger partial charge in [-0.15, -0.1) is 11.3 Å². The lowest BCUT2D eigenvalue weighted by molar-refractivity contribution is -0.245. The first kappa shape index (κ1) is 29.1. The Morgan fingerprint density at radius 3 is 2.57 bits per heavy atom. The van der Waals surface area contributed by atoms with E-state index in [1.807, 2.05) is 0 Å². The van der Waals surface area contributed by atoms with Crippen molar-refractivity contribution in [1.29, 1.82) is 0 Å². The van der Waals surface area contributed by atoms with Crippen LogP contribution in [0, 0.1) is 0 Å². The highest BCUT2D eigenvalue weighted by atomic mass is 31.2. The number of rotatable bonds is 12. The van der Waals surface area contributed by atoms with Gasteiger partial charge in [0.25, 0.3) is 0 Å². The van der Waals surface area contributed by atoms with Crippen molar-refractivity contribution in [1.82, 2.24) is 14.6 Å². The summed E-state index contributed by atoms with van der Waals surface area (Å²) in [6, 6.07) is 0.173. The lowest BCUT2D eigenvalue weighted by atomic mass is 9.96. The number of nitrogens with two attached hydrogens (primary N) is 1. The van der Waals surface area contributed by atoms with Gasteiger partial charge in [-0.25, -0.2) is 19.3 Å². The van der Waals surface area contributed by atoms with E-state index in [-0.39, 0.29) is 5.82 Å². The maximum absolute atomic E-state index is 13.4. The number of esters is 1. The van der Waals surface area contributed by atoms with Gasteiger partial charge in [-0.3, -0.25) is 13.9 Å². The van der Waals surface area contributed by atoms with Crippen molar-refractivity contribution < 1.29 is 43.1 Å². The molecule has 1 unspecified atom stereocenters. The molecule has 2 rings (SSSR count). The van der Waals surface area contributed by atoms with Crippen molar-refractivity contribution in [3.8, 4) is 0 Å². The zero-order valence-electron chi connectivity index (χ0n) is 20.2. The maximum Gasteiger partial charge on any atom is 0.433 e. The van der Waals surface area contributed by atoms with Gasteiger partial charge in [0.2, 0.25) is 0 Å². The minimum absolute atomic E-state index is 0.0444. The number of nitrogens with one attached hydrogen (secondary N) is 1. The first-order chi connectivity index (χ1) is 16.2. The van der Waals surface area contributed by atoms with Crippen molar-refractivity contribution in [2.45, 2.75) is 76.9 Å². The van der Waals surface area contributed by atoms with Crippen molar-refractivity contribution in [2.24, 2.45) is 0 Å². The first-order valence-electron chi connectivity index (χ1n) is 10.8. The number of carbonyl (C=O) groups is 1. The largest absolute Gasteiger partial charge is 0.462 e. The van der Waals surface area contributed by atoms with E-state index < -0.39 is 68.3 Å². The van der Waals surface area contributed by atoms with Crippen LogP contribution in [0.2, 0.25) is 0 Å². The number of anilines is 1. The molecule has 1 aromatic rings. The van der Waals surface area contributed by atoms with Crippen molar-refractivity contribution in [3.63, 3.8) is 0 Å². The molecule has 35 heavy (non-hydrogen) atoms. The number of aliphatic hydroxyl groups is 2. The van der Waals surface area contributed by atoms with E-state index in [0.717, 1.165) is 10.6 Å². The normalized spacial score (nSPS) is 27.1. The summed E-state index contributed by atoms with van der Waals surface area (Å²) in [5.74, 6) is -0.768. The highest BCUT2D eigenvalue weighted by Crippen LogP contribution is 2.48. The van der Waals surface area contributed by atoms with Gasteiger partial charge in [0.05, 0.1) is 18.8 Å². The molecule has 1 saturated heterocycles. The minimum Gasteiger partial charge on any atom is -0.462 e. The van der Waals surface area contributed by atoms with E-state index in [4.69, 9.17) is 29.3 Å². The Morgan fingerprint density at radius 2 is 2.03 bits per heavy atom. The van der Waals surface area contributed by atoms with Crippen LogP contribution in [-0.4, -0.2) is 68.4 Å². The molecule has 0 spiro atoms. The molecule has 1 aliphatic rings. The molecule has 0 aliphatic carbocycles. The monoisotopic (exact) mass is 520 g/mol. The van der Waals surface area contributed by atoms with Crippen LogP contribution in [0.1, 0.15) is 40.8 Å². The van der Waals surface area contributed by atoms with Gasteiger partial charge in [0.15, 0.2) is 6.23 Å². The molecule has 0 aromatic carbocycles. The van der Waals surface area contributed by atoms with E-state index in [1.54, 1.807) is 27.7 Å². The number of carbonyl (C=O) groups excluding carboxylic acids is 1. The van der Waals surface area contributed by atoms with Crippen LogP contribution >= 0.6 is 7.75 Å². The van der Waals surface area contributed by atoms with E-state index >= 15 is 0 Å². The van der Waals surface area contributed by atoms with Crippen LogP contribution in [-0.2, 0) is 32.9 Å². The maximum atomic E-state index is 13.4. The number of nitrogen functional groups attached to an aromatic ring is 1. The fraction of sp³-hybridized carbons (Fsp3) is 0.650. The first-order valence-corrected chi connectivity index (χ1v) is 12.4. The average molecular weight is 520 g/mol. The summed E-state index contributed by atoms with van der Waals surface area (Å²) < 4.78 is 35.5. The predicted octanol–water partition coefficient (Wildman–Crippen LogP) is 0.412. The molecule has 15 heteroatoms. The van der Waals surface area contributed by atoms with E-state index in [9.17, 15) is 24.4 Å². The van der Waals surface area contributed by atoms with Crippen LogP contribution in [0.15, 0.2) is 29.7 Å². The Labute approximate surface area is 202 Å². The molecule has 0 radical (unpaired) electrons. The number of aromatic nitrogens is 2. The van der Waals surface area contributed by atoms with Crippen LogP contribution in [0.4, 0.5) is 5.82 Å². The summed E-state index contributed by atoms with van der Waals surface area (Å²) in [6.45, 7) is 10.8. The molecule has 198 valence electrons. The van der Waals surface area contributed by atoms with Gasteiger partial charge in [0.1, 0.15) is 29.7 Å². The SMILES string of the molecule is C=C[C@]1(COP(=O)(N[C@@H](C)C(=O)OC(C)C)OOC(C)C)O[C@@H](n2ccc(N)nc2=O)[C@H](O)[C@@H]1O. The lowest BCUT2D eigenvalue weighted by Gasteiger charge is -2.30. The number of aliphatic hydroxyl groups excluding tert-OH is 2. The highest BCUT2D eigenvalue weighted by molar-refractivity contribution is 7.51. The third kappa shape index (κ3) is 7.18. The Bertz CT molecular complexity index is 1000. The third-order valence-electron chi connectivity index (χ3n) is 4.78. The number of hydrogen-bond acceptors (Lipinski definition) is 12. The molecule has 14 nitrogen and oxygen atoms in total. The Balaban J connectivity index is 2.26. The molecule has 2 heterocycles. The summed E-state index contributed by atoms with van der Waals surface area (Å²) in [4.78, 5) is 32.9. The van der Waals surface area contributed by atoms with Crippen LogP contribution in [0.25, 0.3) is 0 Å². The highest BCUT2D eigenvalue weighted by Gasteiger charge is 2.55. The van der Waals surface area contributed by atoms with Crippen molar-refractivity contribution >= 4 is 19.5 Å². The molecule has 0 bridgehead atoms. The zero-order valence-corrected chi connectivity index (χ0v) is 21.1. The van der Waals surface area contributed by atoms with E-state index in [1.165, 1.54) is 19.2 Å². The van der Waals surface area contributed by atoms with Crippen LogP contribution < -0.4 is 16.5 Å². The Kier molecular flexibility index (Phi) is 9.73. The van der Waals surface area contributed by atoms with Gasteiger partial charge in [-0.2, -0.15) is 4.98 Å². The van der Waals surface area contributed by atoms with Crippen LogP contribution in [0.3, 0.4) is 0 Å². The zero-order chi connectivity index (χ0) is 26.6. The molecule has 6 atom stereocenters. The molecule has 1 fully saturated rings. The van der Waals surface area contributed by atoms with E-state index in [2.05, 4.69) is 16.7 Å². The molecular weight excluding hydrogens is 487 g/mol. The average Bonchev–Trinajstić information content (AvgIpc) is 3.01. The number of ether oxygens (including phenoxy) is 2. The van der Waals surface area contributed by atoms with Gasteiger partial charge < -0.3 is 25.4 Å². The molecule has 5 N–H and O–H groups in total. The predicted molar refractivity (Wildman–Crippen MR) is 123 cm³/mol. The second-order valence-electron chi connectivity index (χ2n) is 8.47. The van der Waals surface area contributed by atoms with Gasteiger partial charge in [-0.1, -0.05) is 6.08 Å². The summed E-state index contributed by atoms with van der Waals surface area (Å²) in [5.41, 5.74) is 2.82. The molecule has 1 aromatic heterocycles. The fourth-order valence-electron chi connectivity index (χ4n) is 3.03. The smallest absolute Gasteiger partial charge is 0.433 e. The second kappa shape index (κ2) is 11.7. The summed E-state index contributed by atoms with van der Waals surface area (Å²) in [6.07, 6.45) is -3.27. The number of nitrogens with zero attached hydrogens (tertiary/aromatic N) is 2. The summed E-state index contributed by atoms with van der Waals surface area (Å²) in [7, 11) is -4.38. The Morgan fingerprint density at radius 1 is 1.37 bits per heavy atom. The van der Waals surface area contributed by atoms with Crippen LogP contribution in [0.5, 0.6) is 0 Å². The van der Waals surface area contributed by atoms with Gasteiger partial charge in [0, 0.05) is 6.20 Å². The van der Waals surface area contributed by atoms with Crippen molar-refractivity contribution in [2.75, 3.05) is 12.3 Å². The quantitative estimate of drug-likeness (QED) is 0.0974. The van der Waals surface area contributed by atoms with E-state index in [0.29, 0.717) is 0 Å². The molecule has 1 aliphatic heterocycles. The molecular formula is C20H33N4O10P. The standard InChI is InChI=1S/C20H33N4O10P/c1-7-20(16(26)15(25)17(32-20)24-9-8-14(21)22-19(24)28)10-30-35(29,34-33-12(4)5)23-13(6)18(27)31-11(2)3/h7-9,11-13,15-17,25-26H,1,10H2,2-6H3,(H,23,29)(H2,21,22,28)/t13-,15+,16-,17+,20+,35?/m0/s1. The van der Waals surface area contributed by atoms with Crippen molar-refractivity contribution in [3.05, 3.63) is 35.4 Å². The van der Waals surface area contributed by atoms with Gasteiger partial charge >= 0.3 is 19.4 Å². The van der Waals surface area contributed by atoms with Gasteiger partial charge in [-0.05, 0) is 40.7 Å². The second-order valence-corrected chi connectivity index (χ2v) is 10.1. The lowest BCUT2D eigenvalue weighted by Crippen LogP contribution is -2.45. The molecule has 0 saturated carbocycles. The summed E-state index contributed by atoms with van der Waals surface area (Å²) in [5, 5.41) is 23.7.